The number of nitrogens with zero attached hydrogens (tertiary/aromatic N) is 1. The van der Waals surface area contributed by atoms with Crippen molar-refractivity contribution in [3.63, 3.8) is 0 Å². The van der Waals surface area contributed by atoms with Gasteiger partial charge in [-0.3, -0.25) is 14.5 Å². The predicted octanol–water partition coefficient (Wildman–Crippen LogP) is 4.03. The number of carbonyl (C=O) groups excluding carboxylic acids is 2. The van der Waals surface area contributed by atoms with Gasteiger partial charge >= 0.3 is 7.12 Å². The number of imide groups is 1. The highest BCUT2D eigenvalue weighted by Crippen LogP contribution is 2.50. The van der Waals surface area contributed by atoms with Gasteiger partial charge in [-0.1, -0.05) is 24.1 Å². The van der Waals surface area contributed by atoms with Crippen LogP contribution in [0.5, 0.6) is 11.5 Å². The predicted molar refractivity (Wildman–Crippen MR) is 138 cm³/mol. The number of carbonyl (C=O) groups is 2. The van der Waals surface area contributed by atoms with Crippen LogP contribution in [0.25, 0.3) is 6.08 Å². The van der Waals surface area contributed by atoms with Gasteiger partial charge in [-0.2, -0.15) is 0 Å². The summed E-state index contributed by atoms with van der Waals surface area (Å²) in [4.78, 5) is 26.9. The summed E-state index contributed by atoms with van der Waals surface area (Å²) in [5, 5.41) is 20.6. The highest BCUT2D eigenvalue weighted by Gasteiger charge is 2.56. The van der Waals surface area contributed by atoms with E-state index in [1.54, 1.807) is 13.1 Å². The number of allylic oxidation sites excluding steroid dienone is 2. The summed E-state index contributed by atoms with van der Waals surface area (Å²) < 4.78 is 12.0. The van der Waals surface area contributed by atoms with Gasteiger partial charge in [0.2, 0.25) is 11.8 Å². The summed E-state index contributed by atoms with van der Waals surface area (Å²) in [6.45, 7) is 4.13. The molecule has 2 heterocycles. The van der Waals surface area contributed by atoms with Gasteiger partial charge in [0.05, 0.1) is 28.6 Å². The van der Waals surface area contributed by atoms with Crippen LogP contribution in [0.3, 0.4) is 0 Å². The summed E-state index contributed by atoms with van der Waals surface area (Å²) >= 11 is 2.08. The van der Waals surface area contributed by atoms with Crippen LogP contribution in [0.2, 0.25) is 6.32 Å². The first-order valence-corrected chi connectivity index (χ1v) is 12.8. The minimum Gasteiger partial charge on any atom is -0.504 e. The highest BCUT2D eigenvalue weighted by atomic mass is 127. The van der Waals surface area contributed by atoms with E-state index in [1.165, 1.54) is 17.6 Å². The van der Waals surface area contributed by atoms with Crippen LogP contribution in [-0.2, 0) is 14.2 Å². The standard InChI is InChI=1S/C25H31BINO6/c1-5-15-11-16-22(25(31)28(3)24(16)30)17-12-26(32)34-19(21(15)17)7-6-13(2)8-14-9-18(27)23(29)20(10-14)33-4/h8-10,16-17,19,22,29,32H,5-7,11-12H2,1-4H3/b13-8+/t16-,17+,19-,22-/m1/s1. The summed E-state index contributed by atoms with van der Waals surface area (Å²) in [6.07, 6.45) is 4.94. The molecule has 7 nitrogen and oxygen atoms in total. The molecule has 2 saturated heterocycles. The number of aromatic hydroxyl groups is 1. The first kappa shape index (κ1) is 25.3. The Morgan fingerprint density at radius 1 is 1.32 bits per heavy atom. The Balaban J connectivity index is 1.57. The number of methoxy groups -OCH3 is 1. The molecule has 4 rings (SSSR count). The molecule has 2 aliphatic heterocycles. The van der Waals surface area contributed by atoms with Gasteiger partial charge in [0.15, 0.2) is 11.5 Å². The molecule has 2 amide bonds. The number of hydrogen-bond acceptors (Lipinski definition) is 6. The summed E-state index contributed by atoms with van der Waals surface area (Å²) in [5.74, 6) is -0.539. The molecule has 0 radical (unpaired) electrons. The Kier molecular flexibility index (Phi) is 7.45. The van der Waals surface area contributed by atoms with Crippen molar-refractivity contribution in [2.75, 3.05) is 14.2 Å². The minimum absolute atomic E-state index is 0.102. The Labute approximate surface area is 214 Å². The van der Waals surface area contributed by atoms with E-state index in [9.17, 15) is 19.7 Å². The maximum atomic E-state index is 12.9. The van der Waals surface area contributed by atoms with Gasteiger partial charge in [0, 0.05) is 7.05 Å². The second-order valence-corrected chi connectivity index (χ2v) is 10.7. The SMILES string of the molecule is CCC1=C2[C@@H](CC/C(C)=C/c3cc(I)c(O)c(OC)c3)OB(O)C[C@@H]2[C@@H]2C(=O)N(C)C(=O)[C@@H]2C1. The molecule has 1 aromatic carbocycles. The molecule has 0 aromatic heterocycles. The van der Waals surface area contributed by atoms with Crippen LogP contribution >= 0.6 is 22.6 Å². The van der Waals surface area contributed by atoms with E-state index in [2.05, 4.69) is 35.6 Å². The maximum absolute atomic E-state index is 12.9. The number of hydrogen-bond donors (Lipinski definition) is 2. The van der Waals surface area contributed by atoms with Crippen molar-refractivity contribution in [1.82, 2.24) is 4.90 Å². The van der Waals surface area contributed by atoms with Crippen LogP contribution in [0.4, 0.5) is 0 Å². The highest BCUT2D eigenvalue weighted by molar-refractivity contribution is 14.1. The topological polar surface area (TPSA) is 96.3 Å². The normalized spacial score (nSPS) is 27.3. The van der Waals surface area contributed by atoms with Gasteiger partial charge in [0.25, 0.3) is 0 Å². The number of benzene rings is 1. The first-order valence-electron chi connectivity index (χ1n) is 11.8. The first-order chi connectivity index (χ1) is 16.2. The molecule has 2 N–H and O–H groups in total. The van der Waals surface area contributed by atoms with Crippen LogP contribution in [-0.4, -0.2) is 54.2 Å². The Morgan fingerprint density at radius 2 is 2.06 bits per heavy atom. The molecule has 0 unspecified atom stereocenters. The zero-order chi connectivity index (χ0) is 24.7. The molecule has 34 heavy (non-hydrogen) atoms. The van der Waals surface area contributed by atoms with E-state index < -0.39 is 13.0 Å². The number of halogens is 1. The molecule has 2 fully saturated rings. The number of fused-ring (bicyclic) bond motifs is 3. The largest absolute Gasteiger partial charge is 0.504 e. The quantitative estimate of drug-likeness (QED) is 0.229. The molecule has 1 aliphatic carbocycles. The molecular weight excluding hydrogens is 548 g/mol. The average molecular weight is 579 g/mol. The Morgan fingerprint density at radius 3 is 2.74 bits per heavy atom. The zero-order valence-corrected chi connectivity index (χ0v) is 22.2. The molecule has 0 bridgehead atoms. The molecule has 1 aromatic rings. The number of phenols is 1. The van der Waals surface area contributed by atoms with Crippen molar-refractivity contribution in [3.8, 4) is 11.5 Å². The second-order valence-electron chi connectivity index (χ2n) is 9.49. The lowest BCUT2D eigenvalue weighted by Crippen LogP contribution is -2.46. The number of phenolic OH excluding ortho intramolecular Hbond substituents is 1. The van der Waals surface area contributed by atoms with Crippen molar-refractivity contribution in [2.45, 2.75) is 52.0 Å². The van der Waals surface area contributed by atoms with E-state index >= 15 is 0 Å². The monoisotopic (exact) mass is 579 g/mol. The molecule has 4 atom stereocenters. The third-order valence-electron chi connectivity index (χ3n) is 7.44. The Hall–Kier alpha value is -1.85. The summed E-state index contributed by atoms with van der Waals surface area (Å²) in [5.41, 5.74) is 4.38. The van der Waals surface area contributed by atoms with E-state index in [1.807, 2.05) is 13.0 Å². The van der Waals surface area contributed by atoms with Crippen molar-refractivity contribution in [2.24, 2.45) is 17.8 Å². The van der Waals surface area contributed by atoms with Gasteiger partial charge in [0.1, 0.15) is 0 Å². The van der Waals surface area contributed by atoms with Crippen LogP contribution < -0.4 is 4.74 Å². The molecular formula is C25H31BINO6. The number of ether oxygens (including phenoxy) is 1. The molecule has 3 aliphatic rings. The lowest BCUT2D eigenvalue weighted by atomic mass is 9.58. The average Bonchev–Trinajstić information content (AvgIpc) is 3.02. The van der Waals surface area contributed by atoms with Crippen molar-refractivity contribution in [3.05, 3.63) is 38.0 Å². The smallest absolute Gasteiger partial charge is 0.455 e. The lowest BCUT2D eigenvalue weighted by molar-refractivity contribution is -0.138. The summed E-state index contributed by atoms with van der Waals surface area (Å²) in [7, 11) is 2.15. The van der Waals surface area contributed by atoms with Gasteiger partial charge in [-0.25, -0.2) is 0 Å². The van der Waals surface area contributed by atoms with Gasteiger partial charge < -0.3 is 19.5 Å². The molecule has 0 spiro atoms. The van der Waals surface area contributed by atoms with E-state index in [0.29, 0.717) is 28.5 Å². The van der Waals surface area contributed by atoms with E-state index in [0.717, 1.165) is 29.6 Å². The van der Waals surface area contributed by atoms with Gasteiger partial charge in [-0.15, -0.1) is 0 Å². The maximum Gasteiger partial charge on any atom is 0.455 e. The van der Waals surface area contributed by atoms with Crippen LogP contribution in [0, 0.1) is 21.3 Å². The minimum atomic E-state index is -0.948. The number of rotatable bonds is 6. The third-order valence-corrected chi connectivity index (χ3v) is 8.26. The lowest BCUT2D eigenvalue weighted by Gasteiger charge is -2.43. The fourth-order valence-corrected chi connectivity index (χ4v) is 6.43. The number of amides is 2. The molecule has 0 saturated carbocycles. The fraction of sp³-hybridized carbons (Fsp3) is 0.520. The van der Waals surface area contributed by atoms with Crippen molar-refractivity contribution < 1.29 is 29.1 Å². The third kappa shape index (κ3) is 4.54. The Bertz CT molecular complexity index is 1070. The fourth-order valence-electron chi connectivity index (χ4n) is 5.81. The number of likely N-dealkylation sites (tertiary alicyclic amines) is 1. The summed E-state index contributed by atoms with van der Waals surface area (Å²) in [6, 6.07) is 3.70. The van der Waals surface area contributed by atoms with Crippen molar-refractivity contribution in [1.29, 1.82) is 0 Å². The van der Waals surface area contributed by atoms with E-state index in [-0.39, 0.29) is 35.5 Å². The van der Waals surface area contributed by atoms with Crippen LogP contribution in [0.15, 0.2) is 28.9 Å². The van der Waals surface area contributed by atoms with Gasteiger partial charge in [-0.05, 0) is 90.7 Å². The zero-order valence-electron chi connectivity index (χ0n) is 20.0. The second kappa shape index (κ2) is 10.0. The molecule has 182 valence electrons. The van der Waals surface area contributed by atoms with E-state index in [4.69, 9.17) is 9.39 Å². The van der Waals surface area contributed by atoms with Crippen molar-refractivity contribution >= 4 is 47.6 Å². The molecule has 9 heteroatoms. The van der Waals surface area contributed by atoms with Crippen LogP contribution in [0.1, 0.15) is 45.1 Å².